The maximum atomic E-state index is 12.5. The molecule has 2 fully saturated rings. The zero-order valence-corrected chi connectivity index (χ0v) is 21.7. The fraction of sp³-hybridized carbons (Fsp3) is 0.656. The van der Waals surface area contributed by atoms with Crippen LogP contribution < -0.4 is 0 Å². The average molecular weight is 463 g/mol. The molecule has 0 atom stereocenters. The minimum atomic E-state index is -0.179. The molecule has 0 heterocycles. The van der Waals surface area contributed by atoms with E-state index in [1.54, 1.807) is 0 Å². The number of esters is 1. The number of carbonyl (C=O) groups is 1. The van der Waals surface area contributed by atoms with E-state index in [0.717, 1.165) is 43.9 Å². The summed E-state index contributed by atoms with van der Waals surface area (Å²) in [4.78, 5) is 12.5. The Balaban J connectivity index is 1.33. The molecular weight excluding hydrogens is 416 g/mol. The zero-order valence-electron chi connectivity index (χ0n) is 21.7. The van der Waals surface area contributed by atoms with E-state index in [2.05, 4.69) is 50.0 Å². The van der Waals surface area contributed by atoms with Gasteiger partial charge in [-0.2, -0.15) is 0 Å². The highest BCUT2D eigenvalue weighted by atomic mass is 16.5. The topological polar surface area (TPSA) is 26.3 Å². The van der Waals surface area contributed by atoms with E-state index in [9.17, 15) is 4.79 Å². The monoisotopic (exact) mass is 462 g/mol. The highest BCUT2D eigenvalue weighted by Gasteiger charge is 2.23. The lowest BCUT2D eigenvalue weighted by atomic mass is 9.80. The Morgan fingerprint density at radius 2 is 1.62 bits per heavy atom. The number of allylic oxidation sites excluding steroid dienone is 2. The molecule has 0 bridgehead atoms. The van der Waals surface area contributed by atoms with E-state index in [1.807, 2.05) is 12.1 Å². The number of hydrogen-bond donors (Lipinski definition) is 0. The molecular formula is C32H46O2. The maximum Gasteiger partial charge on any atom is 0.338 e. The SMILES string of the molecule is CCCCCc1ccc(C(=O)OC2CCC(C#C/C=C/C3CCC(CCCC)CC3)CC2)cc1. The van der Waals surface area contributed by atoms with Gasteiger partial charge in [-0.15, -0.1) is 0 Å². The zero-order chi connectivity index (χ0) is 24.0. The van der Waals surface area contributed by atoms with Crippen molar-refractivity contribution >= 4 is 5.97 Å². The molecule has 0 unspecified atom stereocenters. The minimum absolute atomic E-state index is 0.0354. The van der Waals surface area contributed by atoms with Crippen molar-refractivity contribution < 1.29 is 9.53 Å². The van der Waals surface area contributed by atoms with Gasteiger partial charge in [0.15, 0.2) is 0 Å². The number of rotatable bonds is 10. The lowest BCUT2D eigenvalue weighted by Gasteiger charge is -2.26. The van der Waals surface area contributed by atoms with E-state index < -0.39 is 0 Å². The summed E-state index contributed by atoms with van der Waals surface area (Å²) in [5.41, 5.74) is 1.98. The van der Waals surface area contributed by atoms with Gasteiger partial charge < -0.3 is 4.74 Å². The van der Waals surface area contributed by atoms with Crippen LogP contribution in [0.15, 0.2) is 36.4 Å². The van der Waals surface area contributed by atoms with E-state index >= 15 is 0 Å². The highest BCUT2D eigenvalue weighted by molar-refractivity contribution is 5.89. The van der Waals surface area contributed by atoms with Crippen LogP contribution >= 0.6 is 0 Å². The van der Waals surface area contributed by atoms with Crippen LogP contribution in [0.4, 0.5) is 0 Å². The van der Waals surface area contributed by atoms with Gasteiger partial charge in [-0.05, 0) is 99.8 Å². The number of hydrogen-bond acceptors (Lipinski definition) is 2. The molecule has 0 aromatic heterocycles. The largest absolute Gasteiger partial charge is 0.459 e. The molecule has 0 spiro atoms. The fourth-order valence-corrected chi connectivity index (χ4v) is 5.44. The molecule has 0 aliphatic heterocycles. The molecule has 0 radical (unpaired) electrons. The lowest BCUT2D eigenvalue weighted by molar-refractivity contribution is 0.0188. The molecule has 186 valence electrons. The standard InChI is InChI=1S/C32H46O2/c1-3-5-7-11-28-18-22-30(23-19-28)32(33)34-31-24-20-29(21-25-31)13-9-8-12-27-16-14-26(15-17-27)10-6-4-2/h8,12,18-19,22-23,26-27,29,31H,3-7,10-11,14-17,20-21,24-25H2,1-2H3/b12-8+. The van der Waals surface area contributed by atoms with Gasteiger partial charge in [0.25, 0.3) is 0 Å². The first-order valence-corrected chi connectivity index (χ1v) is 14.2. The molecule has 2 aliphatic carbocycles. The van der Waals surface area contributed by atoms with E-state index in [1.165, 1.54) is 69.8 Å². The molecule has 3 rings (SSSR count). The van der Waals surface area contributed by atoms with Crippen molar-refractivity contribution in [2.45, 2.75) is 116 Å². The van der Waals surface area contributed by atoms with Crippen molar-refractivity contribution in [2.75, 3.05) is 0 Å². The second kappa shape index (κ2) is 15.1. The Kier molecular flexibility index (Phi) is 11.8. The van der Waals surface area contributed by atoms with Crippen LogP contribution in [0.25, 0.3) is 0 Å². The number of ether oxygens (including phenoxy) is 1. The van der Waals surface area contributed by atoms with Crippen molar-refractivity contribution in [1.82, 2.24) is 0 Å². The van der Waals surface area contributed by atoms with Gasteiger partial charge in [0.1, 0.15) is 6.10 Å². The van der Waals surface area contributed by atoms with Crippen LogP contribution in [0.3, 0.4) is 0 Å². The summed E-state index contributed by atoms with van der Waals surface area (Å²) in [7, 11) is 0. The van der Waals surface area contributed by atoms with Crippen LogP contribution in [0.1, 0.15) is 120 Å². The summed E-state index contributed by atoms with van der Waals surface area (Å²) in [6, 6.07) is 7.99. The smallest absolute Gasteiger partial charge is 0.338 e. The first kappa shape index (κ1) is 26.6. The van der Waals surface area contributed by atoms with E-state index in [0.29, 0.717) is 11.5 Å². The summed E-state index contributed by atoms with van der Waals surface area (Å²) >= 11 is 0. The molecule has 1 aromatic rings. The van der Waals surface area contributed by atoms with Gasteiger partial charge in [0.05, 0.1) is 5.56 Å². The van der Waals surface area contributed by atoms with Crippen LogP contribution in [0.2, 0.25) is 0 Å². The van der Waals surface area contributed by atoms with Crippen LogP contribution in [0.5, 0.6) is 0 Å². The number of aryl methyl sites for hydroxylation is 1. The quantitative estimate of drug-likeness (QED) is 0.197. The number of benzene rings is 1. The Morgan fingerprint density at radius 1 is 0.912 bits per heavy atom. The molecule has 0 amide bonds. The summed E-state index contributed by atoms with van der Waals surface area (Å²) in [5, 5.41) is 0. The van der Waals surface area contributed by atoms with E-state index in [-0.39, 0.29) is 12.1 Å². The van der Waals surface area contributed by atoms with Gasteiger partial charge in [-0.1, -0.05) is 76.0 Å². The van der Waals surface area contributed by atoms with Crippen molar-refractivity contribution in [3.8, 4) is 11.8 Å². The van der Waals surface area contributed by atoms with Crippen molar-refractivity contribution in [3.05, 3.63) is 47.5 Å². The number of unbranched alkanes of at least 4 members (excludes halogenated alkanes) is 3. The molecule has 2 nitrogen and oxygen atoms in total. The van der Waals surface area contributed by atoms with Crippen LogP contribution in [-0.4, -0.2) is 12.1 Å². The Labute approximate surface area is 208 Å². The Hall–Kier alpha value is -2.01. The second-order valence-electron chi connectivity index (χ2n) is 10.6. The third-order valence-corrected chi connectivity index (χ3v) is 7.80. The predicted octanol–water partition coefficient (Wildman–Crippen LogP) is 8.69. The molecule has 2 saturated carbocycles. The molecule has 0 N–H and O–H groups in total. The summed E-state index contributed by atoms with van der Waals surface area (Å²) in [6.07, 6.45) is 22.8. The first-order chi connectivity index (χ1) is 16.7. The molecule has 0 saturated heterocycles. The van der Waals surface area contributed by atoms with Crippen LogP contribution in [0, 0.1) is 29.6 Å². The first-order valence-electron chi connectivity index (χ1n) is 14.2. The molecule has 2 heteroatoms. The van der Waals surface area contributed by atoms with Crippen LogP contribution in [-0.2, 0) is 11.2 Å². The summed E-state index contributed by atoms with van der Waals surface area (Å²) in [5.74, 6) is 8.72. The molecule has 34 heavy (non-hydrogen) atoms. The lowest BCUT2D eigenvalue weighted by Crippen LogP contribution is -2.24. The van der Waals surface area contributed by atoms with Crippen molar-refractivity contribution in [3.63, 3.8) is 0 Å². The average Bonchev–Trinajstić information content (AvgIpc) is 2.87. The van der Waals surface area contributed by atoms with Crippen molar-refractivity contribution in [1.29, 1.82) is 0 Å². The maximum absolute atomic E-state index is 12.5. The highest BCUT2D eigenvalue weighted by Crippen LogP contribution is 2.32. The van der Waals surface area contributed by atoms with Gasteiger partial charge in [-0.25, -0.2) is 4.79 Å². The second-order valence-corrected chi connectivity index (χ2v) is 10.6. The Bertz CT molecular complexity index is 794. The van der Waals surface area contributed by atoms with Gasteiger partial charge >= 0.3 is 5.97 Å². The third kappa shape index (κ3) is 9.32. The fourth-order valence-electron chi connectivity index (χ4n) is 5.44. The summed E-state index contributed by atoms with van der Waals surface area (Å²) in [6.45, 7) is 4.51. The molecule has 2 aliphatic rings. The van der Waals surface area contributed by atoms with Gasteiger partial charge in [-0.3, -0.25) is 0 Å². The predicted molar refractivity (Wildman–Crippen MR) is 143 cm³/mol. The summed E-state index contributed by atoms with van der Waals surface area (Å²) < 4.78 is 5.80. The third-order valence-electron chi connectivity index (χ3n) is 7.80. The Morgan fingerprint density at radius 3 is 2.29 bits per heavy atom. The minimum Gasteiger partial charge on any atom is -0.459 e. The molecule has 1 aromatic carbocycles. The normalized spacial score (nSPS) is 25.0. The van der Waals surface area contributed by atoms with Gasteiger partial charge in [0.2, 0.25) is 0 Å². The van der Waals surface area contributed by atoms with Crippen molar-refractivity contribution in [2.24, 2.45) is 17.8 Å². The van der Waals surface area contributed by atoms with E-state index in [4.69, 9.17) is 4.74 Å². The number of carbonyl (C=O) groups excluding carboxylic acids is 1. The van der Waals surface area contributed by atoms with Gasteiger partial charge in [0, 0.05) is 5.92 Å².